The zero-order valence-corrected chi connectivity index (χ0v) is 13.0. The molecule has 1 heterocycles. The van der Waals surface area contributed by atoms with Crippen molar-refractivity contribution in [3.8, 4) is 0 Å². The zero-order valence-electron chi connectivity index (χ0n) is 13.0. The lowest BCUT2D eigenvalue weighted by atomic mass is 10.0. The molecule has 1 aliphatic carbocycles. The molecule has 0 aromatic heterocycles. The quantitative estimate of drug-likeness (QED) is 0.718. The Morgan fingerprint density at radius 2 is 1.95 bits per heavy atom. The summed E-state index contributed by atoms with van der Waals surface area (Å²) >= 11 is 0. The second kappa shape index (κ2) is 7.22. The Bertz CT molecular complexity index is 384. The van der Waals surface area contributed by atoms with Crippen LogP contribution in [0.15, 0.2) is 0 Å². The minimum atomic E-state index is -0.833. The number of carbonyl (C=O) groups excluding carboxylic acids is 1. The third-order valence-electron chi connectivity index (χ3n) is 4.33. The van der Waals surface area contributed by atoms with Gasteiger partial charge in [-0.1, -0.05) is 6.92 Å². The molecule has 0 aromatic carbocycles. The van der Waals surface area contributed by atoms with E-state index >= 15 is 0 Å². The van der Waals surface area contributed by atoms with Crippen molar-refractivity contribution in [3.63, 3.8) is 0 Å². The van der Waals surface area contributed by atoms with Gasteiger partial charge in [-0.25, -0.2) is 0 Å². The van der Waals surface area contributed by atoms with Gasteiger partial charge in [-0.2, -0.15) is 0 Å². The third kappa shape index (κ3) is 3.95. The molecule has 1 saturated carbocycles. The Balaban J connectivity index is 2.00. The molecule has 2 atom stereocenters. The number of carboxylic acids is 1. The van der Waals surface area contributed by atoms with Crippen molar-refractivity contribution in [2.75, 3.05) is 32.8 Å². The summed E-state index contributed by atoms with van der Waals surface area (Å²) < 4.78 is 5.34. The Morgan fingerprint density at radius 3 is 2.48 bits per heavy atom. The van der Waals surface area contributed by atoms with Crippen molar-refractivity contribution in [1.82, 2.24) is 9.80 Å². The fourth-order valence-electron chi connectivity index (χ4n) is 3.08. The Labute approximate surface area is 126 Å². The normalized spacial score (nSPS) is 25.3. The molecule has 2 aliphatic rings. The summed E-state index contributed by atoms with van der Waals surface area (Å²) in [6.45, 7) is 6.45. The van der Waals surface area contributed by atoms with Crippen LogP contribution in [0.25, 0.3) is 0 Å². The number of carboxylic acid groups (broad SMARTS) is 1. The minimum absolute atomic E-state index is 0.115. The smallest absolute Gasteiger partial charge is 0.310 e. The standard InChI is InChI=1S/C15H26N2O4/c1-3-7-16(13-10-21-9-12(13)15(19)20)8-14(18)17(4-2)11-5-6-11/h11-13H,3-10H2,1-2H3,(H,19,20). The highest BCUT2D eigenvalue weighted by atomic mass is 16.5. The van der Waals surface area contributed by atoms with Gasteiger partial charge < -0.3 is 14.7 Å². The fourth-order valence-corrected chi connectivity index (χ4v) is 3.08. The van der Waals surface area contributed by atoms with E-state index in [9.17, 15) is 14.7 Å². The lowest BCUT2D eigenvalue weighted by molar-refractivity contribution is -0.144. The number of hydrogen-bond donors (Lipinski definition) is 1. The molecule has 1 aliphatic heterocycles. The Kier molecular flexibility index (Phi) is 5.58. The number of aliphatic carboxylic acids is 1. The largest absolute Gasteiger partial charge is 0.481 e. The van der Waals surface area contributed by atoms with Gasteiger partial charge in [-0.3, -0.25) is 14.5 Å². The molecule has 2 rings (SSSR count). The average molecular weight is 298 g/mol. The molecular formula is C15H26N2O4. The van der Waals surface area contributed by atoms with Gasteiger partial charge in [0.15, 0.2) is 0 Å². The van der Waals surface area contributed by atoms with E-state index in [1.807, 2.05) is 23.6 Å². The van der Waals surface area contributed by atoms with E-state index in [4.69, 9.17) is 4.74 Å². The lowest BCUT2D eigenvalue weighted by Crippen LogP contribution is -2.49. The van der Waals surface area contributed by atoms with Crippen molar-refractivity contribution in [2.45, 2.75) is 45.2 Å². The van der Waals surface area contributed by atoms with Crippen molar-refractivity contribution < 1.29 is 19.4 Å². The zero-order chi connectivity index (χ0) is 15.4. The summed E-state index contributed by atoms with van der Waals surface area (Å²) in [5.74, 6) is -1.24. The van der Waals surface area contributed by atoms with Crippen molar-refractivity contribution >= 4 is 11.9 Å². The second-order valence-electron chi connectivity index (χ2n) is 5.93. The molecule has 0 spiro atoms. The van der Waals surface area contributed by atoms with Gasteiger partial charge in [0.25, 0.3) is 0 Å². The molecule has 2 fully saturated rings. The molecule has 0 radical (unpaired) electrons. The summed E-state index contributed by atoms with van der Waals surface area (Å²) in [6.07, 6.45) is 3.08. The van der Waals surface area contributed by atoms with Crippen molar-refractivity contribution in [1.29, 1.82) is 0 Å². The fraction of sp³-hybridized carbons (Fsp3) is 0.867. The van der Waals surface area contributed by atoms with E-state index in [0.29, 0.717) is 19.2 Å². The van der Waals surface area contributed by atoms with Crippen molar-refractivity contribution in [2.24, 2.45) is 5.92 Å². The summed E-state index contributed by atoms with van der Waals surface area (Å²) in [5, 5.41) is 9.29. The van der Waals surface area contributed by atoms with Crippen LogP contribution in [-0.2, 0) is 14.3 Å². The van der Waals surface area contributed by atoms with Crippen LogP contribution in [0, 0.1) is 5.92 Å². The Hall–Kier alpha value is -1.14. The van der Waals surface area contributed by atoms with Crippen LogP contribution in [0.4, 0.5) is 0 Å². The summed E-state index contributed by atoms with van der Waals surface area (Å²) in [7, 11) is 0. The monoisotopic (exact) mass is 298 g/mol. The van der Waals surface area contributed by atoms with Gasteiger partial charge in [0, 0.05) is 18.6 Å². The number of carbonyl (C=O) groups is 2. The molecule has 0 bridgehead atoms. The molecule has 0 aromatic rings. The van der Waals surface area contributed by atoms with E-state index in [1.54, 1.807) is 0 Å². The van der Waals surface area contributed by atoms with Crippen LogP contribution >= 0.6 is 0 Å². The van der Waals surface area contributed by atoms with Crippen LogP contribution in [-0.4, -0.2) is 71.7 Å². The summed E-state index contributed by atoms with van der Waals surface area (Å²) in [4.78, 5) is 27.7. The SMILES string of the molecule is CCCN(CC(=O)N(CC)C1CC1)C1COCC1C(=O)O. The van der Waals surface area contributed by atoms with E-state index in [2.05, 4.69) is 0 Å². The maximum Gasteiger partial charge on any atom is 0.310 e. The summed E-state index contributed by atoms with van der Waals surface area (Å²) in [5.41, 5.74) is 0. The topological polar surface area (TPSA) is 70.1 Å². The Morgan fingerprint density at radius 1 is 1.24 bits per heavy atom. The highest BCUT2D eigenvalue weighted by Crippen LogP contribution is 2.27. The van der Waals surface area contributed by atoms with Gasteiger partial charge in [-0.05, 0) is 32.7 Å². The number of rotatable bonds is 8. The molecular weight excluding hydrogens is 272 g/mol. The van der Waals surface area contributed by atoms with Gasteiger partial charge in [0.1, 0.15) is 0 Å². The van der Waals surface area contributed by atoms with Crippen LogP contribution in [0.5, 0.6) is 0 Å². The molecule has 2 unspecified atom stereocenters. The number of nitrogens with zero attached hydrogens (tertiary/aromatic N) is 2. The lowest BCUT2D eigenvalue weighted by Gasteiger charge is -2.31. The van der Waals surface area contributed by atoms with Crippen LogP contribution in [0.1, 0.15) is 33.1 Å². The summed E-state index contributed by atoms with van der Waals surface area (Å²) in [6, 6.07) is 0.213. The van der Waals surface area contributed by atoms with E-state index in [0.717, 1.165) is 32.4 Å². The molecule has 1 amide bonds. The van der Waals surface area contributed by atoms with Crippen LogP contribution < -0.4 is 0 Å². The van der Waals surface area contributed by atoms with Gasteiger partial charge in [0.05, 0.1) is 25.7 Å². The number of hydrogen-bond acceptors (Lipinski definition) is 4. The van der Waals surface area contributed by atoms with Crippen molar-refractivity contribution in [3.05, 3.63) is 0 Å². The molecule has 120 valence electrons. The van der Waals surface area contributed by atoms with Crippen LogP contribution in [0.3, 0.4) is 0 Å². The van der Waals surface area contributed by atoms with Crippen LogP contribution in [0.2, 0.25) is 0 Å². The number of amides is 1. The molecule has 1 saturated heterocycles. The van der Waals surface area contributed by atoms with E-state index in [-0.39, 0.29) is 18.6 Å². The van der Waals surface area contributed by atoms with Gasteiger partial charge >= 0.3 is 5.97 Å². The minimum Gasteiger partial charge on any atom is -0.481 e. The first-order chi connectivity index (χ1) is 10.1. The highest BCUT2D eigenvalue weighted by molar-refractivity contribution is 5.79. The molecule has 1 N–H and O–H groups in total. The first kappa shape index (κ1) is 16.2. The first-order valence-electron chi connectivity index (χ1n) is 7.92. The number of ether oxygens (including phenoxy) is 1. The average Bonchev–Trinajstić information content (AvgIpc) is 3.14. The van der Waals surface area contributed by atoms with Gasteiger partial charge in [0.2, 0.25) is 5.91 Å². The second-order valence-corrected chi connectivity index (χ2v) is 5.93. The molecule has 6 nitrogen and oxygen atoms in total. The highest BCUT2D eigenvalue weighted by Gasteiger charge is 2.39. The van der Waals surface area contributed by atoms with E-state index in [1.165, 1.54) is 0 Å². The van der Waals surface area contributed by atoms with Gasteiger partial charge in [-0.15, -0.1) is 0 Å². The molecule has 6 heteroatoms. The third-order valence-corrected chi connectivity index (χ3v) is 4.33. The predicted octanol–water partition coefficient (Wildman–Crippen LogP) is 0.809. The predicted molar refractivity (Wildman–Crippen MR) is 78.0 cm³/mol. The first-order valence-corrected chi connectivity index (χ1v) is 7.92. The number of likely N-dealkylation sites (N-methyl/N-ethyl adjacent to an activating group) is 1. The maximum absolute atomic E-state index is 12.5. The molecule has 21 heavy (non-hydrogen) atoms. The maximum atomic E-state index is 12.5. The van der Waals surface area contributed by atoms with E-state index < -0.39 is 11.9 Å².